The van der Waals surface area contributed by atoms with Crippen molar-refractivity contribution < 1.29 is 14.3 Å². The lowest BCUT2D eigenvalue weighted by Crippen LogP contribution is -2.08. The fraction of sp³-hybridized carbons (Fsp3) is 0.273. The minimum atomic E-state index is -0.385. The number of hydrogen-bond donors (Lipinski definition) is 1. The maximum Gasteiger partial charge on any atom is 0.337 e. The van der Waals surface area contributed by atoms with Gasteiger partial charge in [0.2, 0.25) is 5.91 Å². The molecule has 0 spiro atoms. The van der Waals surface area contributed by atoms with Gasteiger partial charge in [-0.15, -0.1) is 0 Å². The molecule has 1 amide bonds. The van der Waals surface area contributed by atoms with Crippen molar-refractivity contribution in [1.29, 1.82) is 0 Å². The molecule has 1 atom stereocenters. The molecule has 4 nitrogen and oxygen atoms in total. The first-order chi connectivity index (χ1) is 7.13. The number of carbonyl (C=O) groups is 2. The zero-order valence-corrected chi connectivity index (χ0v) is 8.53. The van der Waals surface area contributed by atoms with Crippen LogP contribution in [-0.2, 0) is 9.53 Å². The van der Waals surface area contributed by atoms with Gasteiger partial charge in [0, 0.05) is 5.69 Å². The second kappa shape index (κ2) is 3.38. The third kappa shape index (κ3) is 1.48. The van der Waals surface area contributed by atoms with E-state index in [1.807, 2.05) is 6.92 Å². The number of ether oxygens (including phenoxy) is 1. The number of fused-ring (bicyclic) bond motifs is 1. The molecular weight excluding hydrogens is 194 g/mol. The van der Waals surface area contributed by atoms with E-state index in [9.17, 15) is 9.59 Å². The van der Waals surface area contributed by atoms with E-state index in [-0.39, 0.29) is 17.8 Å². The second-order valence-corrected chi connectivity index (χ2v) is 3.50. The van der Waals surface area contributed by atoms with Crippen LogP contribution in [0, 0.1) is 0 Å². The number of anilines is 1. The zero-order valence-electron chi connectivity index (χ0n) is 8.53. The minimum Gasteiger partial charge on any atom is -0.465 e. The molecule has 1 aromatic rings. The predicted octanol–water partition coefficient (Wildman–Crippen LogP) is 1.53. The maximum absolute atomic E-state index is 11.4. The van der Waals surface area contributed by atoms with E-state index < -0.39 is 0 Å². The topological polar surface area (TPSA) is 55.4 Å². The van der Waals surface area contributed by atoms with Crippen molar-refractivity contribution in [3.8, 4) is 0 Å². The fourth-order valence-corrected chi connectivity index (χ4v) is 1.66. The molecule has 0 aromatic heterocycles. The Hall–Kier alpha value is -1.84. The molecule has 78 valence electrons. The monoisotopic (exact) mass is 205 g/mol. The molecule has 0 aliphatic carbocycles. The van der Waals surface area contributed by atoms with Gasteiger partial charge in [-0.25, -0.2) is 4.79 Å². The first kappa shape index (κ1) is 9.71. The number of hydrogen-bond acceptors (Lipinski definition) is 3. The van der Waals surface area contributed by atoms with E-state index in [2.05, 4.69) is 10.1 Å². The van der Waals surface area contributed by atoms with Crippen LogP contribution in [-0.4, -0.2) is 19.0 Å². The largest absolute Gasteiger partial charge is 0.465 e. The Labute approximate surface area is 87.2 Å². The summed E-state index contributed by atoms with van der Waals surface area (Å²) in [6.45, 7) is 1.81. The highest BCUT2D eigenvalue weighted by Crippen LogP contribution is 2.32. The van der Waals surface area contributed by atoms with Crippen molar-refractivity contribution in [2.45, 2.75) is 12.8 Å². The van der Waals surface area contributed by atoms with Gasteiger partial charge in [-0.1, -0.05) is 0 Å². The fourth-order valence-electron chi connectivity index (χ4n) is 1.66. The normalized spacial score (nSPS) is 18.3. The van der Waals surface area contributed by atoms with E-state index in [4.69, 9.17) is 0 Å². The number of benzene rings is 1. The van der Waals surface area contributed by atoms with E-state index in [0.29, 0.717) is 5.56 Å². The SMILES string of the molecule is COC(=O)c1ccc2c(c1)[C@H](C)C(=O)N2. The van der Waals surface area contributed by atoms with Crippen LogP contribution in [0.1, 0.15) is 28.8 Å². The molecule has 0 saturated heterocycles. The minimum absolute atomic E-state index is 0.0352. The van der Waals surface area contributed by atoms with Crippen LogP contribution in [0.3, 0.4) is 0 Å². The highest BCUT2D eigenvalue weighted by molar-refractivity contribution is 6.03. The lowest BCUT2D eigenvalue weighted by atomic mass is 10.0. The summed E-state index contributed by atoms with van der Waals surface area (Å²) >= 11 is 0. The maximum atomic E-state index is 11.4. The Morgan fingerprint density at radius 1 is 1.47 bits per heavy atom. The first-order valence-corrected chi connectivity index (χ1v) is 4.66. The third-order valence-corrected chi connectivity index (χ3v) is 2.59. The average Bonchev–Trinajstić information content (AvgIpc) is 2.54. The van der Waals surface area contributed by atoms with Gasteiger partial charge < -0.3 is 10.1 Å². The third-order valence-electron chi connectivity index (χ3n) is 2.59. The molecule has 2 rings (SSSR count). The molecule has 1 aromatic carbocycles. The average molecular weight is 205 g/mol. The van der Waals surface area contributed by atoms with Gasteiger partial charge in [0.05, 0.1) is 18.6 Å². The van der Waals surface area contributed by atoms with Gasteiger partial charge in [-0.05, 0) is 30.7 Å². The number of methoxy groups -OCH3 is 1. The van der Waals surface area contributed by atoms with Crippen LogP contribution >= 0.6 is 0 Å². The number of nitrogens with one attached hydrogen (secondary N) is 1. The summed E-state index contributed by atoms with van der Waals surface area (Å²) in [7, 11) is 1.34. The summed E-state index contributed by atoms with van der Waals surface area (Å²) in [5, 5.41) is 2.74. The highest BCUT2D eigenvalue weighted by atomic mass is 16.5. The molecule has 0 bridgehead atoms. The van der Waals surface area contributed by atoms with Crippen molar-refractivity contribution in [3.05, 3.63) is 29.3 Å². The molecule has 0 fully saturated rings. The van der Waals surface area contributed by atoms with E-state index >= 15 is 0 Å². The standard InChI is InChI=1S/C11H11NO3/c1-6-8-5-7(11(14)15-2)3-4-9(8)12-10(6)13/h3-6H,1-2H3,(H,12,13)/t6-/m0/s1. The van der Waals surface area contributed by atoms with Gasteiger partial charge in [0.25, 0.3) is 0 Å². The Bertz CT molecular complexity index is 439. The van der Waals surface area contributed by atoms with Gasteiger partial charge >= 0.3 is 5.97 Å². The Balaban J connectivity index is 2.44. The summed E-state index contributed by atoms with van der Waals surface area (Å²) in [5.41, 5.74) is 2.10. The zero-order chi connectivity index (χ0) is 11.0. The number of esters is 1. The van der Waals surface area contributed by atoms with Crippen molar-refractivity contribution in [1.82, 2.24) is 0 Å². The molecule has 15 heavy (non-hydrogen) atoms. The van der Waals surface area contributed by atoms with E-state index in [0.717, 1.165) is 11.3 Å². The van der Waals surface area contributed by atoms with Crippen molar-refractivity contribution in [2.24, 2.45) is 0 Å². The second-order valence-electron chi connectivity index (χ2n) is 3.50. The van der Waals surface area contributed by atoms with Gasteiger partial charge in [0.1, 0.15) is 0 Å². The van der Waals surface area contributed by atoms with Crippen molar-refractivity contribution in [3.63, 3.8) is 0 Å². The smallest absolute Gasteiger partial charge is 0.337 e. The Morgan fingerprint density at radius 2 is 2.20 bits per heavy atom. The van der Waals surface area contributed by atoms with Crippen molar-refractivity contribution >= 4 is 17.6 Å². The molecule has 0 radical (unpaired) electrons. The molecular formula is C11H11NO3. The van der Waals surface area contributed by atoms with Crippen LogP contribution in [0.15, 0.2) is 18.2 Å². The lowest BCUT2D eigenvalue weighted by molar-refractivity contribution is -0.116. The van der Waals surface area contributed by atoms with E-state index in [1.165, 1.54) is 7.11 Å². The Morgan fingerprint density at radius 3 is 2.87 bits per heavy atom. The summed E-state index contributed by atoms with van der Waals surface area (Å²) in [6.07, 6.45) is 0. The van der Waals surface area contributed by atoms with Crippen LogP contribution in [0.5, 0.6) is 0 Å². The summed E-state index contributed by atoms with van der Waals surface area (Å²) in [6, 6.07) is 5.07. The van der Waals surface area contributed by atoms with Crippen LogP contribution in [0.4, 0.5) is 5.69 Å². The number of amides is 1. The molecule has 4 heteroatoms. The predicted molar refractivity (Wildman–Crippen MR) is 54.8 cm³/mol. The number of rotatable bonds is 1. The van der Waals surface area contributed by atoms with Gasteiger partial charge in [-0.2, -0.15) is 0 Å². The first-order valence-electron chi connectivity index (χ1n) is 4.66. The summed E-state index contributed by atoms with van der Waals surface area (Å²) < 4.78 is 4.61. The summed E-state index contributed by atoms with van der Waals surface area (Å²) in [4.78, 5) is 22.6. The van der Waals surface area contributed by atoms with Crippen LogP contribution in [0.25, 0.3) is 0 Å². The van der Waals surface area contributed by atoms with Gasteiger partial charge in [0.15, 0.2) is 0 Å². The lowest BCUT2D eigenvalue weighted by Gasteiger charge is -2.03. The molecule has 1 N–H and O–H groups in total. The highest BCUT2D eigenvalue weighted by Gasteiger charge is 2.27. The molecule has 1 aliphatic rings. The van der Waals surface area contributed by atoms with Gasteiger partial charge in [-0.3, -0.25) is 4.79 Å². The molecule has 1 aliphatic heterocycles. The summed E-state index contributed by atoms with van der Waals surface area (Å²) in [5.74, 6) is -0.624. The molecule has 1 heterocycles. The quantitative estimate of drug-likeness (QED) is 0.707. The van der Waals surface area contributed by atoms with E-state index in [1.54, 1.807) is 18.2 Å². The Kier molecular flexibility index (Phi) is 2.19. The van der Waals surface area contributed by atoms with Crippen LogP contribution < -0.4 is 5.32 Å². The molecule has 0 saturated carbocycles. The molecule has 0 unspecified atom stereocenters. The number of carbonyl (C=O) groups excluding carboxylic acids is 2. The van der Waals surface area contributed by atoms with Crippen molar-refractivity contribution in [2.75, 3.05) is 12.4 Å². The van der Waals surface area contributed by atoms with Crippen LogP contribution in [0.2, 0.25) is 0 Å².